The molecule has 0 radical (unpaired) electrons. The molecule has 1 aliphatic carbocycles. The predicted octanol–water partition coefficient (Wildman–Crippen LogP) is 5.90. The average Bonchev–Trinajstić information content (AvgIpc) is 2.14. The van der Waals surface area contributed by atoms with Crippen LogP contribution in [0.15, 0.2) is 11.1 Å². The Kier molecular flexibility index (Phi) is 5.83. The van der Waals surface area contributed by atoms with Gasteiger partial charge in [-0.25, -0.2) is 0 Å². The predicted molar refractivity (Wildman–Crippen MR) is 82.3 cm³/mol. The molecule has 0 aromatic rings. The maximum Gasteiger partial charge on any atom is 0.00813 e. The van der Waals surface area contributed by atoms with E-state index in [-0.39, 0.29) is 0 Å². The number of hydrogen-bond acceptors (Lipinski definition) is 0. The van der Waals surface area contributed by atoms with Crippen LogP contribution in [0.25, 0.3) is 0 Å². The van der Waals surface area contributed by atoms with E-state index in [0.29, 0.717) is 5.41 Å². The second-order valence-corrected chi connectivity index (χ2v) is 8.15. The summed E-state index contributed by atoms with van der Waals surface area (Å²) in [5.41, 5.74) is 3.96. The first kappa shape index (κ1) is 14.5. The summed E-state index contributed by atoms with van der Waals surface area (Å²) in [5, 5.41) is 0. The molecule has 0 saturated carbocycles. The van der Waals surface area contributed by atoms with Gasteiger partial charge in [-0.05, 0) is 50.9 Å². The average molecular weight is 334 g/mol. The van der Waals surface area contributed by atoms with Crippen LogP contribution in [0.1, 0.15) is 72.6 Å². The third kappa shape index (κ3) is 4.38. The smallest absolute Gasteiger partial charge is 0.00813 e. The number of unbranched alkanes of at least 4 members (excludes halogenated alkanes) is 1. The molecule has 0 N–H and O–H groups in total. The van der Waals surface area contributed by atoms with Gasteiger partial charge in [-0.3, -0.25) is 0 Å². The molecular weight excluding hydrogens is 307 g/mol. The second-order valence-electron chi connectivity index (χ2n) is 6.02. The molecule has 1 unspecified atom stereocenters. The normalized spacial score (nSPS) is 22.3. The summed E-state index contributed by atoms with van der Waals surface area (Å²) in [7, 11) is 0. The molecule has 1 heteroatoms. The maximum absolute atomic E-state index is 2.54. The topological polar surface area (TPSA) is 0 Å². The van der Waals surface area contributed by atoms with Gasteiger partial charge in [0.15, 0.2) is 0 Å². The van der Waals surface area contributed by atoms with Crippen LogP contribution in [0.4, 0.5) is 0 Å². The van der Waals surface area contributed by atoms with Gasteiger partial charge in [0.1, 0.15) is 0 Å². The van der Waals surface area contributed by atoms with E-state index in [9.17, 15) is 0 Å². The fourth-order valence-corrected chi connectivity index (χ4v) is 3.39. The summed E-state index contributed by atoms with van der Waals surface area (Å²) >= 11 is 2.54. The van der Waals surface area contributed by atoms with Crippen molar-refractivity contribution >= 4 is 22.6 Å². The molecule has 1 rings (SSSR count). The highest BCUT2D eigenvalue weighted by atomic mass is 127. The molecule has 0 spiro atoms. The molecule has 0 heterocycles. The highest BCUT2D eigenvalue weighted by molar-refractivity contribution is 14.1. The van der Waals surface area contributed by atoms with Crippen LogP contribution in [0, 0.1) is 5.41 Å². The highest BCUT2D eigenvalue weighted by Gasteiger charge is 2.27. The van der Waals surface area contributed by atoms with Crippen molar-refractivity contribution in [1.29, 1.82) is 0 Å². The van der Waals surface area contributed by atoms with Crippen LogP contribution < -0.4 is 0 Å². The maximum atomic E-state index is 2.54. The van der Waals surface area contributed by atoms with E-state index in [2.05, 4.69) is 50.3 Å². The third-order valence-corrected chi connectivity index (χ3v) is 4.59. The first-order chi connectivity index (χ1) is 7.43. The molecular formula is C15H27I. The number of halogens is 1. The molecule has 0 aliphatic heterocycles. The molecule has 1 aliphatic rings. The van der Waals surface area contributed by atoms with E-state index in [1.54, 1.807) is 11.1 Å². The molecule has 16 heavy (non-hydrogen) atoms. The molecule has 0 amide bonds. The monoisotopic (exact) mass is 334 g/mol. The van der Waals surface area contributed by atoms with Crippen LogP contribution in [-0.2, 0) is 0 Å². The lowest BCUT2D eigenvalue weighted by Gasteiger charge is -2.34. The lowest BCUT2D eigenvalue weighted by atomic mass is 9.71. The van der Waals surface area contributed by atoms with Crippen LogP contribution >= 0.6 is 22.6 Å². The van der Waals surface area contributed by atoms with Crippen molar-refractivity contribution in [3.63, 3.8) is 0 Å². The van der Waals surface area contributed by atoms with Gasteiger partial charge in [-0.1, -0.05) is 60.9 Å². The van der Waals surface area contributed by atoms with Crippen molar-refractivity contribution in [3.05, 3.63) is 11.1 Å². The van der Waals surface area contributed by atoms with Crippen molar-refractivity contribution in [2.24, 2.45) is 5.41 Å². The third-order valence-electron chi connectivity index (χ3n) is 3.96. The Bertz CT molecular complexity index is 248. The highest BCUT2D eigenvalue weighted by Crippen LogP contribution is 2.42. The van der Waals surface area contributed by atoms with Gasteiger partial charge >= 0.3 is 0 Å². The van der Waals surface area contributed by atoms with Crippen molar-refractivity contribution in [2.75, 3.05) is 0 Å². The minimum atomic E-state index is 0.484. The zero-order valence-electron chi connectivity index (χ0n) is 11.4. The van der Waals surface area contributed by atoms with Gasteiger partial charge in [-0.2, -0.15) is 0 Å². The van der Waals surface area contributed by atoms with Gasteiger partial charge in [-0.15, -0.1) is 0 Å². The van der Waals surface area contributed by atoms with Crippen molar-refractivity contribution < 1.29 is 0 Å². The Labute approximate surface area is 115 Å². The van der Waals surface area contributed by atoms with Crippen molar-refractivity contribution in [2.45, 2.75) is 76.6 Å². The Hall–Kier alpha value is 0.470. The standard InChI is InChI=1S/C15H27I/c1-12-8-7-11-15(3,4)14(12)10-6-5-9-13(2)16/h13H,5-11H2,1-4H3. The van der Waals surface area contributed by atoms with Crippen LogP contribution in [0.3, 0.4) is 0 Å². The van der Waals surface area contributed by atoms with E-state index in [1.165, 1.54) is 44.9 Å². The van der Waals surface area contributed by atoms with E-state index >= 15 is 0 Å². The number of alkyl halides is 1. The van der Waals surface area contributed by atoms with Gasteiger partial charge in [0.25, 0.3) is 0 Å². The molecule has 0 aromatic carbocycles. The van der Waals surface area contributed by atoms with Crippen molar-refractivity contribution in [1.82, 2.24) is 0 Å². The molecule has 0 fully saturated rings. The molecule has 1 atom stereocenters. The Morgan fingerprint density at radius 1 is 1.31 bits per heavy atom. The SMILES string of the molecule is CC1=C(CCCCC(C)I)C(C)(C)CCC1. The summed E-state index contributed by atoms with van der Waals surface area (Å²) in [5.74, 6) is 0. The second kappa shape index (κ2) is 6.42. The van der Waals surface area contributed by atoms with E-state index < -0.39 is 0 Å². The summed E-state index contributed by atoms with van der Waals surface area (Å²) in [6.07, 6.45) is 9.66. The van der Waals surface area contributed by atoms with Gasteiger partial charge in [0, 0.05) is 3.92 Å². The number of allylic oxidation sites excluding steroid dienone is 2. The quantitative estimate of drug-likeness (QED) is 0.254. The lowest BCUT2D eigenvalue weighted by Crippen LogP contribution is -2.20. The molecule has 0 aromatic heterocycles. The Morgan fingerprint density at radius 3 is 2.56 bits per heavy atom. The fraction of sp³-hybridized carbons (Fsp3) is 0.867. The summed E-state index contributed by atoms with van der Waals surface area (Å²) in [4.78, 5) is 0. The summed E-state index contributed by atoms with van der Waals surface area (Å²) in [6, 6.07) is 0. The molecule has 0 saturated heterocycles. The van der Waals surface area contributed by atoms with Gasteiger partial charge < -0.3 is 0 Å². The number of hydrogen-bond donors (Lipinski definition) is 0. The van der Waals surface area contributed by atoms with Crippen LogP contribution in [0.2, 0.25) is 0 Å². The van der Waals surface area contributed by atoms with Gasteiger partial charge in [0.05, 0.1) is 0 Å². The summed E-state index contributed by atoms with van der Waals surface area (Å²) in [6.45, 7) is 9.55. The fourth-order valence-electron chi connectivity index (χ4n) is 2.95. The van der Waals surface area contributed by atoms with Crippen LogP contribution in [0.5, 0.6) is 0 Å². The zero-order valence-corrected chi connectivity index (χ0v) is 13.6. The molecule has 94 valence electrons. The van der Waals surface area contributed by atoms with E-state index in [4.69, 9.17) is 0 Å². The zero-order chi connectivity index (χ0) is 12.2. The summed E-state index contributed by atoms with van der Waals surface area (Å²) < 4.78 is 0.840. The molecule has 0 nitrogen and oxygen atoms in total. The number of rotatable bonds is 5. The Morgan fingerprint density at radius 2 is 2.00 bits per heavy atom. The van der Waals surface area contributed by atoms with Gasteiger partial charge in [0.2, 0.25) is 0 Å². The largest absolute Gasteiger partial charge is 0.0829 e. The minimum Gasteiger partial charge on any atom is -0.0829 e. The first-order valence-electron chi connectivity index (χ1n) is 6.76. The van der Waals surface area contributed by atoms with E-state index in [0.717, 1.165) is 3.92 Å². The van der Waals surface area contributed by atoms with Crippen molar-refractivity contribution in [3.8, 4) is 0 Å². The van der Waals surface area contributed by atoms with Crippen LogP contribution in [-0.4, -0.2) is 3.92 Å². The lowest BCUT2D eigenvalue weighted by molar-refractivity contribution is 0.351. The minimum absolute atomic E-state index is 0.484. The molecule has 0 bridgehead atoms. The Balaban J connectivity index is 2.44. The van der Waals surface area contributed by atoms with E-state index in [1.807, 2.05) is 0 Å². The first-order valence-corrected chi connectivity index (χ1v) is 8.01.